The summed E-state index contributed by atoms with van der Waals surface area (Å²) in [5.41, 5.74) is 11.9. The third kappa shape index (κ3) is 2.89. The van der Waals surface area contributed by atoms with Crippen molar-refractivity contribution in [2.24, 2.45) is 5.73 Å². The Bertz CT molecular complexity index is 1310. The maximum absolute atomic E-state index is 13.5. The number of pyridine rings is 2. The molecule has 0 saturated heterocycles. The van der Waals surface area contributed by atoms with Crippen molar-refractivity contribution in [1.29, 1.82) is 0 Å². The molecule has 0 radical (unpaired) electrons. The van der Waals surface area contributed by atoms with Gasteiger partial charge in [0.15, 0.2) is 0 Å². The highest BCUT2D eigenvalue weighted by Gasteiger charge is 2.27. The number of aryl methyl sites for hydroxylation is 1. The van der Waals surface area contributed by atoms with E-state index in [1.54, 1.807) is 12.4 Å². The summed E-state index contributed by atoms with van der Waals surface area (Å²) in [7, 11) is 0. The fourth-order valence-corrected chi connectivity index (χ4v) is 3.83. The molecule has 0 atom stereocenters. The van der Waals surface area contributed by atoms with Crippen LogP contribution in [0.15, 0.2) is 48.8 Å². The first-order valence-electron chi connectivity index (χ1n) is 9.56. The van der Waals surface area contributed by atoms with E-state index >= 15 is 0 Å². The molecular formula is C22H19FN6O. The number of benzene rings is 1. The van der Waals surface area contributed by atoms with E-state index in [1.807, 2.05) is 35.6 Å². The number of hydrogen-bond acceptors (Lipinski definition) is 5. The molecule has 3 aromatic heterocycles. The quantitative estimate of drug-likeness (QED) is 0.487. The highest BCUT2D eigenvalue weighted by Crippen LogP contribution is 2.35. The summed E-state index contributed by atoms with van der Waals surface area (Å²) in [4.78, 5) is 21.5. The molecule has 30 heavy (non-hydrogen) atoms. The second-order valence-electron chi connectivity index (χ2n) is 7.20. The van der Waals surface area contributed by atoms with Gasteiger partial charge in [-0.05, 0) is 36.2 Å². The summed E-state index contributed by atoms with van der Waals surface area (Å²) in [5, 5.41) is 6.15. The van der Waals surface area contributed by atoms with Crippen LogP contribution in [0.2, 0.25) is 0 Å². The number of rotatable bonds is 4. The number of halogens is 1. The van der Waals surface area contributed by atoms with Gasteiger partial charge in [0.2, 0.25) is 0 Å². The summed E-state index contributed by atoms with van der Waals surface area (Å²) >= 11 is 0. The van der Waals surface area contributed by atoms with Gasteiger partial charge < -0.3 is 16.4 Å². The fourth-order valence-electron chi connectivity index (χ4n) is 3.83. The molecule has 7 nitrogen and oxygen atoms in total. The number of imidazole rings is 1. The summed E-state index contributed by atoms with van der Waals surface area (Å²) in [5.74, 6) is 0.130. The Morgan fingerprint density at radius 3 is 2.97 bits per heavy atom. The maximum atomic E-state index is 13.5. The average Bonchev–Trinajstić information content (AvgIpc) is 3.33. The van der Waals surface area contributed by atoms with Crippen molar-refractivity contribution in [3.63, 3.8) is 0 Å². The summed E-state index contributed by atoms with van der Waals surface area (Å²) in [6.07, 6.45) is 3.33. The number of nitrogens with zero attached hydrogens (tertiary/aromatic N) is 3. The van der Waals surface area contributed by atoms with Crippen molar-refractivity contribution in [1.82, 2.24) is 19.7 Å². The summed E-state index contributed by atoms with van der Waals surface area (Å²) in [6.45, 7) is 2.71. The van der Waals surface area contributed by atoms with E-state index in [0.717, 1.165) is 28.1 Å². The number of aromatic nitrogens is 3. The first-order valence-corrected chi connectivity index (χ1v) is 9.56. The predicted molar refractivity (Wildman–Crippen MR) is 112 cm³/mol. The molecule has 0 unspecified atom stereocenters. The largest absolute Gasteiger partial charge is 0.348 e. The van der Waals surface area contributed by atoms with Gasteiger partial charge in [-0.25, -0.2) is 14.4 Å². The number of carbonyl (C=O) groups is 1. The zero-order valence-corrected chi connectivity index (χ0v) is 16.2. The number of anilines is 2. The SMILES string of the molecule is Cc1ccc(Nc2ccc(-c3cnc4cc(F)ccn34)c3c2C(=O)NC3)nc1CN. The number of nitrogens with two attached hydrogens (primary N) is 1. The van der Waals surface area contributed by atoms with Crippen LogP contribution in [0.25, 0.3) is 16.9 Å². The lowest BCUT2D eigenvalue weighted by Gasteiger charge is -2.14. The lowest BCUT2D eigenvalue weighted by Crippen LogP contribution is -2.13. The van der Waals surface area contributed by atoms with E-state index in [4.69, 9.17) is 5.73 Å². The molecule has 0 bridgehead atoms. The van der Waals surface area contributed by atoms with Crippen LogP contribution < -0.4 is 16.4 Å². The van der Waals surface area contributed by atoms with Gasteiger partial charge in [0.05, 0.1) is 28.8 Å². The van der Waals surface area contributed by atoms with Crippen molar-refractivity contribution >= 4 is 23.1 Å². The minimum Gasteiger partial charge on any atom is -0.348 e. The number of amides is 1. The van der Waals surface area contributed by atoms with E-state index in [0.29, 0.717) is 35.8 Å². The molecule has 4 heterocycles. The number of hydrogen-bond donors (Lipinski definition) is 3. The zero-order valence-electron chi connectivity index (χ0n) is 16.2. The smallest absolute Gasteiger partial charge is 0.254 e. The third-order valence-electron chi connectivity index (χ3n) is 5.37. The van der Waals surface area contributed by atoms with Gasteiger partial charge in [-0.3, -0.25) is 9.20 Å². The first kappa shape index (κ1) is 18.3. The van der Waals surface area contributed by atoms with Gasteiger partial charge in [0.25, 0.3) is 5.91 Å². The van der Waals surface area contributed by atoms with E-state index in [-0.39, 0.29) is 11.7 Å². The van der Waals surface area contributed by atoms with E-state index in [2.05, 4.69) is 20.6 Å². The standard InChI is InChI=1S/C22H19FN6O/c1-12-2-5-19(28-17(12)9-24)27-16-4-3-14(15-10-26-22(30)21(15)16)18-11-25-20-8-13(23)6-7-29(18)20/h2-8,11H,9-10,24H2,1H3,(H,26,30)(H,27,28). The molecule has 1 aromatic carbocycles. The normalized spacial score (nSPS) is 12.8. The van der Waals surface area contributed by atoms with Gasteiger partial charge in [-0.15, -0.1) is 0 Å². The Kier molecular flexibility index (Phi) is 4.22. The van der Waals surface area contributed by atoms with Crippen LogP contribution in [0.4, 0.5) is 15.9 Å². The van der Waals surface area contributed by atoms with Gasteiger partial charge >= 0.3 is 0 Å². The molecular weight excluding hydrogens is 383 g/mol. The zero-order chi connectivity index (χ0) is 20.8. The molecule has 1 amide bonds. The first-order chi connectivity index (χ1) is 14.5. The molecule has 1 aliphatic heterocycles. The van der Waals surface area contributed by atoms with Crippen molar-refractivity contribution in [2.75, 3.05) is 5.32 Å². The van der Waals surface area contributed by atoms with Crippen LogP contribution in [-0.4, -0.2) is 20.3 Å². The highest BCUT2D eigenvalue weighted by molar-refractivity contribution is 6.06. The second-order valence-corrected chi connectivity index (χ2v) is 7.20. The third-order valence-corrected chi connectivity index (χ3v) is 5.37. The van der Waals surface area contributed by atoms with Gasteiger partial charge in [-0.1, -0.05) is 12.1 Å². The average molecular weight is 402 g/mol. The van der Waals surface area contributed by atoms with Gasteiger partial charge in [0.1, 0.15) is 17.3 Å². The number of nitrogens with one attached hydrogen (secondary N) is 2. The van der Waals surface area contributed by atoms with Gasteiger partial charge in [-0.2, -0.15) is 0 Å². The van der Waals surface area contributed by atoms with Crippen LogP contribution in [0.1, 0.15) is 27.2 Å². The summed E-state index contributed by atoms with van der Waals surface area (Å²) < 4.78 is 15.3. The Labute approximate surface area is 171 Å². The Hall–Kier alpha value is -3.78. The summed E-state index contributed by atoms with van der Waals surface area (Å²) in [6, 6.07) is 10.4. The van der Waals surface area contributed by atoms with Crippen molar-refractivity contribution in [2.45, 2.75) is 20.0 Å². The predicted octanol–water partition coefficient (Wildman–Crippen LogP) is 3.29. The van der Waals surface area contributed by atoms with Crippen LogP contribution in [-0.2, 0) is 13.1 Å². The van der Waals surface area contributed by atoms with Crippen LogP contribution >= 0.6 is 0 Å². The lowest BCUT2D eigenvalue weighted by molar-refractivity contribution is 0.0966. The van der Waals surface area contributed by atoms with Crippen LogP contribution in [0.5, 0.6) is 0 Å². The van der Waals surface area contributed by atoms with E-state index in [1.165, 1.54) is 12.1 Å². The molecule has 0 spiro atoms. The lowest BCUT2D eigenvalue weighted by atomic mass is 9.99. The minimum absolute atomic E-state index is 0.152. The van der Waals surface area contributed by atoms with E-state index < -0.39 is 0 Å². The fraction of sp³-hybridized carbons (Fsp3) is 0.136. The monoisotopic (exact) mass is 402 g/mol. The maximum Gasteiger partial charge on any atom is 0.254 e. The Balaban J connectivity index is 1.61. The Morgan fingerprint density at radius 1 is 1.27 bits per heavy atom. The molecule has 0 saturated carbocycles. The molecule has 150 valence electrons. The van der Waals surface area contributed by atoms with Crippen molar-refractivity contribution in [3.05, 3.63) is 77.0 Å². The molecule has 0 fully saturated rings. The highest BCUT2D eigenvalue weighted by atomic mass is 19.1. The van der Waals surface area contributed by atoms with Crippen molar-refractivity contribution in [3.8, 4) is 11.3 Å². The molecule has 1 aliphatic rings. The molecule has 8 heteroatoms. The Morgan fingerprint density at radius 2 is 2.13 bits per heavy atom. The molecule has 5 rings (SSSR count). The van der Waals surface area contributed by atoms with E-state index in [9.17, 15) is 9.18 Å². The molecule has 4 aromatic rings. The minimum atomic E-state index is -0.344. The van der Waals surface area contributed by atoms with Crippen LogP contribution in [0, 0.1) is 12.7 Å². The van der Waals surface area contributed by atoms with Gasteiger partial charge in [0, 0.05) is 30.9 Å². The second kappa shape index (κ2) is 6.93. The van der Waals surface area contributed by atoms with Crippen LogP contribution in [0.3, 0.4) is 0 Å². The number of fused-ring (bicyclic) bond motifs is 2. The molecule has 0 aliphatic carbocycles. The number of carbonyl (C=O) groups excluding carboxylic acids is 1. The molecule has 4 N–H and O–H groups in total. The topological polar surface area (TPSA) is 97.3 Å². The van der Waals surface area contributed by atoms with Crippen molar-refractivity contribution < 1.29 is 9.18 Å².